The fraction of sp³-hybridized carbons (Fsp3) is 0.176. The maximum Gasteiger partial charge on any atom is 0.266 e. The Labute approximate surface area is 132 Å². The van der Waals surface area contributed by atoms with Gasteiger partial charge in [0.25, 0.3) is 5.91 Å². The Morgan fingerprint density at radius 1 is 1.14 bits per heavy atom. The van der Waals surface area contributed by atoms with Crippen molar-refractivity contribution in [2.45, 2.75) is 11.8 Å². The molecule has 1 N–H and O–H groups in total. The highest BCUT2D eigenvalue weighted by molar-refractivity contribution is 8.02. The second-order valence-corrected chi connectivity index (χ2v) is 6.67. The van der Waals surface area contributed by atoms with Crippen LogP contribution in [0, 0.1) is 6.92 Å². The molecule has 2 aliphatic heterocycles. The molecule has 1 fully saturated rings. The first kappa shape index (κ1) is 13.4. The van der Waals surface area contributed by atoms with Crippen LogP contribution in [0.25, 0.3) is 0 Å². The number of nitrogens with one attached hydrogen (secondary N) is 1. The largest absolute Gasteiger partial charge is 0.323 e. The van der Waals surface area contributed by atoms with Crippen molar-refractivity contribution < 1.29 is 9.59 Å². The smallest absolute Gasteiger partial charge is 0.266 e. The van der Waals surface area contributed by atoms with Crippen molar-refractivity contribution in [3.8, 4) is 0 Å². The van der Waals surface area contributed by atoms with Gasteiger partial charge in [0.15, 0.2) is 0 Å². The number of aryl methyl sites for hydroxylation is 1. The second kappa shape index (κ2) is 4.61. The number of fused-ring (bicyclic) bond motifs is 2. The molecule has 1 atom stereocenters. The number of rotatable bonds is 1. The van der Waals surface area contributed by atoms with Gasteiger partial charge in [0.1, 0.15) is 0 Å². The van der Waals surface area contributed by atoms with Gasteiger partial charge >= 0.3 is 0 Å². The number of carbonyl (C=O) groups excluding carboxylic acids is 2. The highest BCUT2D eigenvalue weighted by Gasteiger charge is 2.58. The Bertz CT molecular complexity index is 805. The van der Waals surface area contributed by atoms with Gasteiger partial charge in [-0.25, -0.2) is 0 Å². The van der Waals surface area contributed by atoms with Gasteiger partial charge in [-0.2, -0.15) is 0 Å². The number of anilines is 2. The zero-order chi connectivity index (χ0) is 15.3. The van der Waals surface area contributed by atoms with Crippen LogP contribution in [0.1, 0.15) is 11.1 Å². The van der Waals surface area contributed by atoms with Crippen LogP contribution in [0.15, 0.2) is 48.5 Å². The predicted octanol–water partition coefficient (Wildman–Crippen LogP) is 2.88. The first-order valence-electron chi connectivity index (χ1n) is 7.07. The molecular weight excluding hydrogens is 296 g/mol. The first-order chi connectivity index (χ1) is 10.6. The minimum absolute atomic E-state index is 0.0394. The van der Waals surface area contributed by atoms with Gasteiger partial charge in [-0.1, -0.05) is 30.3 Å². The predicted molar refractivity (Wildman–Crippen MR) is 87.9 cm³/mol. The quantitative estimate of drug-likeness (QED) is 0.881. The molecule has 0 radical (unpaired) electrons. The van der Waals surface area contributed by atoms with E-state index in [4.69, 9.17) is 0 Å². The Kier molecular flexibility index (Phi) is 2.81. The maximum atomic E-state index is 12.7. The standard InChI is InChI=1S/C17H14N2O2S/c1-11-5-4-6-12(9-11)19-15(20)10-22-17(19)13-7-2-3-8-14(13)18-16(17)21/h2-9H,10H2,1H3,(H,18,21)/t17-/m1/s1. The van der Waals surface area contributed by atoms with Crippen LogP contribution in [0.4, 0.5) is 11.4 Å². The van der Waals surface area contributed by atoms with Crippen molar-refractivity contribution in [2.24, 2.45) is 0 Å². The molecule has 1 spiro atoms. The Morgan fingerprint density at radius 2 is 1.95 bits per heavy atom. The van der Waals surface area contributed by atoms with Crippen molar-refractivity contribution in [1.29, 1.82) is 0 Å². The van der Waals surface area contributed by atoms with Crippen LogP contribution in [-0.4, -0.2) is 17.6 Å². The van der Waals surface area contributed by atoms with Crippen LogP contribution in [0.2, 0.25) is 0 Å². The molecule has 0 unspecified atom stereocenters. The number of amides is 2. The summed E-state index contributed by atoms with van der Waals surface area (Å²) in [6.45, 7) is 1.98. The Hall–Kier alpha value is -2.27. The Morgan fingerprint density at radius 3 is 2.77 bits per heavy atom. The highest BCUT2D eigenvalue weighted by atomic mass is 32.2. The molecule has 5 heteroatoms. The van der Waals surface area contributed by atoms with E-state index in [9.17, 15) is 9.59 Å². The topological polar surface area (TPSA) is 49.4 Å². The van der Waals surface area contributed by atoms with E-state index >= 15 is 0 Å². The first-order valence-corrected chi connectivity index (χ1v) is 8.06. The molecule has 4 rings (SSSR count). The average Bonchev–Trinajstić information content (AvgIpc) is 2.99. The molecule has 2 aromatic carbocycles. The summed E-state index contributed by atoms with van der Waals surface area (Å²) in [4.78, 5) is 25.9. The molecule has 2 amide bonds. The molecule has 110 valence electrons. The van der Waals surface area contributed by atoms with Crippen molar-refractivity contribution in [2.75, 3.05) is 16.0 Å². The van der Waals surface area contributed by atoms with Gasteiger partial charge in [-0.15, -0.1) is 11.8 Å². The molecule has 0 saturated carbocycles. The van der Waals surface area contributed by atoms with Gasteiger partial charge in [0.05, 0.1) is 5.75 Å². The van der Waals surface area contributed by atoms with E-state index in [0.29, 0.717) is 5.75 Å². The van der Waals surface area contributed by atoms with Crippen molar-refractivity contribution in [3.05, 3.63) is 59.7 Å². The lowest BCUT2D eigenvalue weighted by Crippen LogP contribution is -2.47. The zero-order valence-corrected chi connectivity index (χ0v) is 12.8. The fourth-order valence-electron chi connectivity index (χ4n) is 3.15. The maximum absolute atomic E-state index is 12.7. The summed E-state index contributed by atoms with van der Waals surface area (Å²) in [5.41, 5.74) is 3.47. The number of benzene rings is 2. The van der Waals surface area contributed by atoms with E-state index in [1.807, 2.05) is 55.5 Å². The summed E-state index contributed by atoms with van der Waals surface area (Å²) in [6, 6.07) is 15.3. The van der Waals surface area contributed by atoms with E-state index in [2.05, 4.69) is 5.32 Å². The molecule has 0 bridgehead atoms. The van der Waals surface area contributed by atoms with Crippen molar-refractivity contribution in [1.82, 2.24) is 0 Å². The van der Waals surface area contributed by atoms with E-state index < -0.39 is 4.87 Å². The second-order valence-electron chi connectivity index (χ2n) is 5.50. The Balaban J connectivity index is 1.94. The van der Waals surface area contributed by atoms with Gasteiger partial charge in [0, 0.05) is 16.9 Å². The molecule has 2 aliphatic rings. The molecule has 0 aliphatic carbocycles. The number of thioether (sulfide) groups is 1. The molecule has 1 saturated heterocycles. The summed E-state index contributed by atoms with van der Waals surface area (Å²) in [5, 5.41) is 2.91. The lowest BCUT2D eigenvalue weighted by atomic mass is 10.0. The number of nitrogens with zero attached hydrogens (tertiary/aromatic N) is 1. The number of hydrogen-bond donors (Lipinski definition) is 1. The number of para-hydroxylation sites is 1. The summed E-state index contributed by atoms with van der Waals surface area (Å²) >= 11 is 1.38. The molecule has 4 nitrogen and oxygen atoms in total. The van der Waals surface area contributed by atoms with Gasteiger partial charge in [-0.3, -0.25) is 14.5 Å². The highest BCUT2D eigenvalue weighted by Crippen LogP contribution is 2.53. The van der Waals surface area contributed by atoms with E-state index in [1.54, 1.807) is 4.90 Å². The van der Waals surface area contributed by atoms with Crippen LogP contribution in [0.3, 0.4) is 0 Å². The summed E-state index contributed by atoms with van der Waals surface area (Å²) < 4.78 is 0. The third-order valence-corrected chi connectivity index (χ3v) is 5.47. The fourth-order valence-corrected chi connectivity index (χ4v) is 4.46. The van der Waals surface area contributed by atoms with Crippen LogP contribution >= 0.6 is 11.8 Å². The average molecular weight is 310 g/mol. The molecule has 22 heavy (non-hydrogen) atoms. The minimum atomic E-state index is -0.985. The summed E-state index contributed by atoms with van der Waals surface area (Å²) in [6.07, 6.45) is 0. The van der Waals surface area contributed by atoms with Gasteiger partial charge in [-0.05, 0) is 30.7 Å². The lowest BCUT2D eigenvalue weighted by Gasteiger charge is -2.32. The molecule has 2 heterocycles. The summed E-state index contributed by atoms with van der Waals surface area (Å²) in [7, 11) is 0. The zero-order valence-electron chi connectivity index (χ0n) is 12.0. The van der Waals surface area contributed by atoms with Crippen LogP contribution in [-0.2, 0) is 14.5 Å². The third-order valence-electron chi connectivity index (χ3n) is 4.08. The van der Waals surface area contributed by atoms with Crippen molar-refractivity contribution >= 4 is 35.0 Å². The van der Waals surface area contributed by atoms with E-state index in [0.717, 1.165) is 22.5 Å². The monoisotopic (exact) mass is 310 g/mol. The normalized spacial score (nSPS) is 23.0. The molecule has 2 aromatic rings. The van der Waals surface area contributed by atoms with E-state index in [1.165, 1.54) is 11.8 Å². The van der Waals surface area contributed by atoms with Gasteiger partial charge in [0.2, 0.25) is 10.8 Å². The number of hydrogen-bond acceptors (Lipinski definition) is 3. The lowest BCUT2D eigenvalue weighted by molar-refractivity contribution is -0.122. The van der Waals surface area contributed by atoms with E-state index in [-0.39, 0.29) is 11.8 Å². The van der Waals surface area contributed by atoms with Crippen LogP contribution < -0.4 is 10.2 Å². The SMILES string of the molecule is Cc1cccc(N2C(=O)CS[C@]23C(=O)Nc2ccccc23)c1. The molecular formula is C17H14N2O2S. The van der Waals surface area contributed by atoms with Crippen LogP contribution in [0.5, 0.6) is 0 Å². The summed E-state index contributed by atoms with van der Waals surface area (Å²) in [5.74, 6) is 0.115. The molecule has 0 aromatic heterocycles. The third kappa shape index (κ3) is 1.66. The minimum Gasteiger partial charge on any atom is -0.323 e. The van der Waals surface area contributed by atoms with Gasteiger partial charge < -0.3 is 5.32 Å². The van der Waals surface area contributed by atoms with Crippen molar-refractivity contribution in [3.63, 3.8) is 0 Å². The number of carbonyl (C=O) groups is 2.